The van der Waals surface area contributed by atoms with E-state index in [4.69, 9.17) is 32.7 Å². The monoisotopic (exact) mass is 582 g/mol. The summed E-state index contributed by atoms with van der Waals surface area (Å²) >= 11 is 12.2. The number of hydrogen-bond acceptors (Lipinski definition) is 8. The van der Waals surface area contributed by atoms with Crippen LogP contribution in [0.1, 0.15) is 30.5 Å². The van der Waals surface area contributed by atoms with Crippen molar-refractivity contribution >= 4 is 29.2 Å². The predicted octanol–water partition coefficient (Wildman–Crippen LogP) is 3.96. The fourth-order valence-electron chi connectivity index (χ4n) is 5.21. The smallest absolute Gasteiger partial charge is 0.199 e. The van der Waals surface area contributed by atoms with Gasteiger partial charge in [0, 0.05) is 56.9 Å². The molecular weight excluding hydrogens is 547 g/mol. The molecule has 0 saturated carbocycles. The summed E-state index contributed by atoms with van der Waals surface area (Å²) in [5.74, 6) is 2.41. The molecule has 212 valence electrons. The van der Waals surface area contributed by atoms with Crippen LogP contribution in [0.15, 0.2) is 53.7 Å². The Morgan fingerprint density at radius 1 is 1.07 bits per heavy atom. The number of rotatable bonds is 9. The van der Waals surface area contributed by atoms with Crippen LogP contribution in [0.5, 0.6) is 11.5 Å². The number of nitrogens with one attached hydrogen (secondary N) is 2. The van der Waals surface area contributed by atoms with Gasteiger partial charge in [-0.05, 0) is 41.5 Å². The third kappa shape index (κ3) is 6.34. The van der Waals surface area contributed by atoms with Crippen molar-refractivity contribution in [3.05, 3.63) is 70.4 Å². The summed E-state index contributed by atoms with van der Waals surface area (Å²) in [6.45, 7) is 11.3. The number of guanidine groups is 1. The Morgan fingerprint density at radius 3 is 2.48 bits per heavy atom. The molecule has 10 heteroatoms. The first-order chi connectivity index (χ1) is 19.4. The minimum absolute atomic E-state index is 0.0450. The Labute approximate surface area is 246 Å². The van der Waals surface area contributed by atoms with Crippen molar-refractivity contribution in [2.45, 2.75) is 31.3 Å². The zero-order chi connectivity index (χ0) is 28.1. The van der Waals surface area contributed by atoms with Crippen LogP contribution in [0.25, 0.3) is 0 Å². The Hall–Kier alpha value is -2.96. The summed E-state index contributed by atoms with van der Waals surface area (Å²) in [6, 6.07) is 14.7. The van der Waals surface area contributed by atoms with E-state index in [1.54, 1.807) is 0 Å². The SMILES string of the molecule is CC(C)(c1ccc(OCC2C=CN=C(N3CCN(C4CNC4)CC3)N2)cc1)c1cc(Cl)c(OCCCl)c(C#N)c1. The molecule has 0 aliphatic carbocycles. The van der Waals surface area contributed by atoms with Gasteiger partial charge in [-0.1, -0.05) is 37.6 Å². The van der Waals surface area contributed by atoms with Gasteiger partial charge in [-0.25, -0.2) is 4.99 Å². The molecule has 2 aromatic rings. The van der Waals surface area contributed by atoms with E-state index in [1.165, 1.54) is 0 Å². The van der Waals surface area contributed by atoms with Gasteiger partial charge in [0.2, 0.25) is 0 Å². The number of halogens is 2. The van der Waals surface area contributed by atoms with Gasteiger partial charge in [-0.2, -0.15) is 5.26 Å². The van der Waals surface area contributed by atoms with Gasteiger partial charge >= 0.3 is 0 Å². The molecule has 0 bridgehead atoms. The van der Waals surface area contributed by atoms with Gasteiger partial charge in [-0.3, -0.25) is 4.90 Å². The third-order valence-electron chi connectivity index (χ3n) is 7.93. The molecule has 1 unspecified atom stereocenters. The molecule has 2 N–H and O–H groups in total. The average Bonchev–Trinajstić information content (AvgIpc) is 2.95. The van der Waals surface area contributed by atoms with Gasteiger partial charge in [-0.15, -0.1) is 11.6 Å². The van der Waals surface area contributed by atoms with Gasteiger partial charge in [0.05, 0.1) is 22.5 Å². The summed E-state index contributed by atoms with van der Waals surface area (Å²) in [7, 11) is 0. The first-order valence-electron chi connectivity index (χ1n) is 13.8. The molecule has 2 aromatic carbocycles. The van der Waals surface area contributed by atoms with Crippen LogP contribution in [0.4, 0.5) is 0 Å². The predicted molar refractivity (Wildman–Crippen MR) is 160 cm³/mol. The molecular formula is C30H36Cl2N6O2. The molecule has 8 nitrogen and oxygen atoms in total. The lowest BCUT2D eigenvalue weighted by atomic mass is 9.77. The van der Waals surface area contributed by atoms with E-state index in [9.17, 15) is 5.26 Å². The molecule has 40 heavy (non-hydrogen) atoms. The number of nitrogens with zero attached hydrogens (tertiary/aromatic N) is 4. The minimum Gasteiger partial charge on any atom is -0.491 e. The molecule has 3 aliphatic heterocycles. The van der Waals surface area contributed by atoms with E-state index in [0.29, 0.717) is 34.9 Å². The maximum absolute atomic E-state index is 9.68. The Bertz CT molecular complexity index is 1280. The summed E-state index contributed by atoms with van der Waals surface area (Å²) in [5, 5.41) is 17.0. The molecule has 2 saturated heterocycles. The maximum atomic E-state index is 9.68. The molecule has 0 amide bonds. The molecule has 3 aliphatic rings. The van der Waals surface area contributed by atoms with Crippen molar-refractivity contribution in [3.63, 3.8) is 0 Å². The normalized spacial score (nSPS) is 19.8. The lowest BCUT2D eigenvalue weighted by molar-refractivity contribution is 0.0975. The number of nitriles is 1. The Morgan fingerprint density at radius 2 is 1.82 bits per heavy atom. The van der Waals surface area contributed by atoms with Crippen molar-refractivity contribution < 1.29 is 9.47 Å². The first kappa shape index (κ1) is 28.6. The second-order valence-corrected chi connectivity index (χ2v) is 11.6. The van der Waals surface area contributed by atoms with Gasteiger partial charge in [0.15, 0.2) is 11.7 Å². The summed E-state index contributed by atoms with van der Waals surface area (Å²) in [6.07, 6.45) is 3.91. The lowest BCUT2D eigenvalue weighted by Crippen LogP contribution is -2.63. The van der Waals surface area contributed by atoms with Crippen LogP contribution in [0.3, 0.4) is 0 Å². The zero-order valence-electron chi connectivity index (χ0n) is 23.0. The highest BCUT2D eigenvalue weighted by molar-refractivity contribution is 6.32. The van der Waals surface area contributed by atoms with Crippen molar-refractivity contribution in [2.24, 2.45) is 4.99 Å². The van der Waals surface area contributed by atoms with E-state index in [-0.39, 0.29) is 12.6 Å². The topological polar surface area (TPSA) is 85.2 Å². The standard InChI is InChI=1S/C30H36Cl2N6O2/c1-30(2,23-15-21(17-33)28(27(32)16-23)39-14-8-31)22-3-5-26(6-4-22)40-20-24-7-9-35-29(36-24)38-12-10-37(11-13-38)25-18-34-19-25/h3-7,9,15-16,24-25,34H,8,10-14,18-20H2,1-2H3,(H,35,36). The molecule has 1 atom stereocenters. The van der Waals surface area contributed by atoms with Crippen molar-refractivity contribution in [2.75, 3.05) is 58.4 Å². The van der Waals surface area contributed by atoms with E-state index >= 15 is 0 Å². The first-order valence-corrected chi connectivity index (χ1v) is 14.7. The fraction of sp³-hybridized carbons (Fsp3) is 0.467. The van der Waals surface area contributed by atoms with Gasteiger partial charge in [0.1, 0.15) is 25.0 Å². The Kier molecular flexibility index (Phi) is 9.07. The van der Waals surface area contributed by atoms with E-state index in [0.717, 1.165) is 62.1 Å². The highest BCUT2D eigenvalue weighted by atomic mass is 35.5. The molecule has 5 rings (SSSR count). The molecule has 0 aromatic heterocycles. The summed E-state index contributed by atoms with van der Waals surface area (Å²) in [5.41, 5.74) is 2.01. The summed E-state index contributed by atoms with van der Waals surface area (Å²) in [4.78, 5) is 9.49. The van der Waals surface area contributed by atoms with Crippen LogP contribution < -0.4 is 20.1 Å². The fourth-order valence-corrected chi connectivity index (χ4v) is 5.57. The lowest BCUT2D eigenvalue weighted by Gasteiger charge is -2.44. The van der Waals surface area contributed by atoms with Crippen LogP contribution in [-0.2, 0) is 5.41 Å². The van der Waals surface area contributed by atoms with Crippen molar-refractivity contribution in [3.8, 4) is 17.6 Å². The number of piperazine rings is 1. The Balaban J connectivity index is 1.16. The van der Waals surface area contributed by atoms with Crippen LogP contribution in [0, 0.1) is 11.3 Å². The highest BCUT2D eigenvalue weighted by Gasteiger charge is 2.30. The van der Waals surface area contributed by atoms with Crippen LogP contribution in [-0.4, -0.2) is 86.2 Å². The van der Waals surface area contributed by atoms with Gasteiger partial charge < -0.3 is 25.0 Å². The maximum Gasteiger partial charge on any atom is 0.199 e. The quantitative estimate of drug-likeness (QED) is 0.433. The second-order valence-electron chi connectivity index (χ2n) is 10.8. The number of benzene rings is 2. The van der Waals surface area contributed by atoms with Crippen molar-refractivity contribution in [1.82, 2.24) is 20.4 Å². The second kappa shape index (κ2) is 12.7. The van der Waals surface area contributed by atoms with Crippen LogP contribution >= 0.6 is 23.2 Å². The van der Waals surface area contributed by atoms with Gasteiger partial charge in [0.25, 0.3) is 0 Å². The largest absolute Gasteiger partial charge is 0.491 e. The highest BCUT2D eigenvalue weighted by Crippen LogP contribution is 2.38. The molecule has 0 spiro atoms. The minimum atomic E-state index is -0.392. The van der Waals surface area contributed by atoms with E-state index in [2.05, 4.69) is 57.5 Å². The number of aliphatic imine (C=N–C) groups is 1. The van der Waals surface area contributed by atoms with E-state index < -0.39 is 5.41 Å². The molecule has 0 radical (unpaired) electrons. The zero-order valence-corrected chi connectivity index (χ0v) is 24.5. The van der Waals surface area contributed by atoms with Crippen LogP contribution in [0.2, 0.25) is 5.02 Å². The summed E-state index contributed by atoms with van der Waals surface area (Å²) < 4.78 is 11.7. The van der Waals surface area contributed by atoms with E-state index in [1.807, 2.05) is 36.5 Å². The number of ether oxygens (including phenoxy) is 2. The number of alkyl halides is 1. The third-order valence-corrected chi connectivity index (χ3v) is 8.37. The van der Waals surface area contributed by atoms with Crippen molar-refractivity contribution in [1.29, 1.82) is 5.26 Å². The number of hydrogen-bond donors (Lipinski definition) is 2. The average molecular weight is 584 g/mol. The molecule has 3 heterocycles. The molecule has 2 fully saturated rings.